The molecule has 1 aliphatic heterocycles. The lowest BCUT2D eigenvalue weighted by molar-refractivity contribution is -0.129. The average molecular weight is 482 g/mol. The predicted octanol–water partition coefficient (Wildman–Crippen LogP) is 5.30. The number of hydrogen-bond donors (Lipinski definition) is 0. The lowest BCUT2D eigenvalue weighted by Gasteiger charge is -2.25. The van der Waals surface area contributed by atoms with Gasteiger partial charge in [-0.05, 0) is 62.6 Å². The van der Waals surface area contributed by atoms with Gasteiger partial charge in [-0.25, -0.2) is 0 Å². The van der Waals surface area contributed by atoms with Crippen LogP contribution in [0.15, 0.2) is 36.4 Å². The van der Waals surface area contributed by atoms with Gasteiger partial charge in [0, 0.05) is 6.54 Å². The van der Waals surface area contributed by atoms with Gasteiger partial charge in [-0.2, -0.15) is 8.78 Å². The molecule has 2 aromatic carbocycles. The zero-order valence-corrected chi connectivity index (χ0v) is 20.0. The normalized spacial score (nSPS) is 18.0. The SMILES string of the molecule is CCOc1ccc(CCN2C(=O)[C@H](C)S[C@H]2c2ccc(OC(F)F)c(OC)c2)cc1OCC. The Kier molecular flexibility index (Phi) is 8.66. The maximum absolute atomic E-state index is 12.9. The van der Waals surface area contributed by atoms with Crippen molar-refractivity contribution in [3.8, 4) is 23.0 Å². The van der Waals surface area contributed by atoms with Gasteiger partial charge in [-0.1, -0.05) is 12.1 Å². The molecule has 0 N–H and O–H groups in total. The molecule has 1 amide bonds. The molecule has 1 saturated heterocycles. The highest BCUT2D eigenvalue weighted by molar-refractivity contribution is 8.01. The Labute approximate surface area is 197 Å². The Hall–Kier alpha value is -2.68. The molecule has 0 aliphatic carbocycles. The molecule has 2 aromatic rings. The number of benzene rings is 2. The Balaban J connectivity index is 1.79. The summed E-state index contributed by atoms with van der Waals surface area (Å²) in [6.07, 6.45) is 0.631. The second kappa shape index (κ2) is 11.4. The van der Waals surface area contributed by atoms with Gasteiger partial charge in [0.15, 0.2) is 23.0 Å². The van der Waals surface area contributed by atoms with Gasteiger partial charge in [0.25, 0.3) is 0 Å². The predicted molar refractivity (Wildman–Crippen MR) is 124 cm³/mol. The molecule has 0 unspecified atom stereocenters. The lowest BCUT2D eigenvalue weighted by Crippen LogP contribution is -2.32. The largest absolute Gasteiger partial charge is 0.493 e. The average Bonchev–Trinajstić information content (AvgIpc) is 3.07. The van der Waals surface area contributed by atoms with Crippen LogP contribution in [0, 0.1) is 0 Å². The molecule has 6 nitrogen and oxygen atoms in total. The summed E-state index contributed by atoms with van der Waals surface area (Å²) in [6, 6.07) is 10.6. The van der Waals surface area contributed by atoms with Gasteiger partial charge in [0.1, 0.15) is 5.37 Å². The number of amides is 1. The first kappa shape index (κ1) is 25.0. The molecule has 0 aromatic heterocycles. The highest BCUT2D eigenvalue weighted by atomic mass is 32.2. The van der Waals surface area contributed by atoms with Crippen LogP contribution < -0.4 is 18.9 Å². The molecular formula is C24H29F2NO5S. The third kappa shape index (κ3) is 6.01. The summed E-state index contributed by atoms with van der Waals surface area (Å²) in [7, 11) is 1.40. The van der Waals surface area contributed by atoms with Crippen LogP contribution in [0.25, 0.3) is 0 Å². The lowest BCUT2D eigenvalue weighted by atomic mass is 10.1. The first-order chi connectivity index (χ1) is 15.9. The summed E-state index contributed by atoms with van der Waals surface area (Å²) in [5, 5.41) is -0.464. The van der Waals surface area contributed by atoms with E-state index in [0.29, 0.717) is 37.7 Å². The fourth-order valence-electron chi connectivity index (χ4n) is 3.69. The van der Waals surface area contributed by atoms with E-state index in [0.717, 1.165) is 11.1 Å². The first-order valence-corrected chi connectivity index (χ1v) is 11.8. The van der Waals surface area contributed by atoms with Gasteiger partial charge in [-0.3, -0.25) is 4.79 Å². The van der Waals surface area contributed by atoms with Crippen molar-refractivity contribution in [2.75, 3.05) is 26.9 Å². The fourth-order valence-corrected chi connectivity index (χ4v) is 4.99. The van der Waals surface area contributed by atoms with Crippen molar-refractivity contribution in [2.24, 2.45) is 0 Å². The van der Waals surface area contributed by atoms with Gasteiger partial charge in [-0.15, -0.1) is 11.8 Å². The van der Waals surface area contributed by atoms with E-state index >= 15 is 0 Å². The second-order valence-electron chi connectivity index (χ2n) is 7.35. The van der Waals surface area contributed by atoms with Crippen LogP contribution in [0.1, 0.15) is 37.3 Å². The molecule has 1 heterocycles. The number of ether oxygens (including phenoxy) is 4. The summed E-state index contributed by atoms with van der Waals surface area (Å²) in [6.45, 7) is 4.33. The Morgan fingerprint density at radius 1 is 1.00 bits per heavy atom. The molecule has 1 aliphatic rings. The zero-order valence-electron chi connectivity index (χ0n) is 19.2. The molecule has 33 heavy (non-hydrogen) atoms. The van der Waals surface area contributed by atoms with Crippen LogP contribution in [0.5, 0.6) is 23.0 Å². The molecular weight excluding hydrogens is 452 g/mol. The van der Waals surface area contributed by atoms with Crippen molar-refractivity contribution in [3.05, 3.63) is 47.5 Å². The molecule has 180 valence electrons. The summed E-state index contributed by atoms with van der Waals surface area (Å²) < 4.78 is 46.4. The number of carbonyl (C=O) groups excluding carboxylic acids is 1. The second-order valence-corrected chi connectivity index (χ2v) is 8.77. The number of hydrogen-bond acceptors (Lipinski definition) is 6. The summed E-state index contributed by atoms with van der Waals surface area (Å²) in [5.74, 6) is 1.58. The highest BCUT2D eigenvalue weighted by Crippen LogP contribution is 2.45. The van der Waals surface area contributed by atoms with Crippen LogP contribution in [0.2, 0.25) is 0 Å². The minimum absolute atomic E-state index is 0.0350. The zero-order chi connectivity index (χ0) is 24.0. The molecule has 3 rings (SSSR count). The first-order valence-electron chi connectivity index (χ1n) is 10.8. The number of rotatable bonds is 11. The third-order valence-electron chi connectivity index (χ3n) is 5.19. The molecule has 1 fully saturated rings. The van der Waals surface area contributed by atoms with Crippen molar-refractivity contribution < 1.29 is 32.5 Å². The van der Waals surface area contributed by atoms with Crippen molar-refractivity contribution in [1.82, 2.24) is 4.90 Å². The number of carbonyl (C=O) groups is 1. The topological polar surface area (TPSA) is 57.2 Å². The standard InChI is InChI=1S/C24H29F2NO5S/c1-5-30-18-9-7-16(13-21(18)31-6-2)11-12-27-22(28)15(3)33-23(27)17-8-10-19(32-24(25)26)20(14-17)29-4/h7-10,13-15,23-24H,5-6,11-12H2,1-4H3/t15-,23-/m0/s1. The quantitative estimate of drug-likeness (QED) is 0.434. The van der Waals surface area contributed by atoms with Crippen LogP contribution in [-0.2, 0) is 11.2 Å². The van der Waals surface area contributed by atoms with E-state index < -0.39 is 6.61 Å². The Morgan fingerprint density at radius 3 is 2.36 bits per heavy atom. The van der Waals surface area contributed by atoms with Gasteiger partial charge in [0.05, 0.1) is 25.6 Å². The van der Waals surface area contributed by atoms with Crippen molar-refractivity contribution in [3.63, 3.8) is 0 Å². The number of alkyl halides is 2. The van der Waals surface area contributed by atoms with Crippen molar-refractivity contribution in [1.29, 1.82) is 0 Å². The third-order valence-corrected chi connectivity index (χ3v) is 6.58. The fraction of sp³-hybridized carbons (Fsp3) is 0.458. The smallest absolute Gasteiger partial charge is 0.387 e. The van der Waals surface area contributed by atoms with E-state index in [-0.39, 0.29) is 28.0 Å². The van der Waals surface area contributed by atoms with E-state index in [4.69, 9.17) is 14.2 Å². The van der Waals surface area contributed by atoms with Crippen molar-refractivity contribution >= 4 is 17.7 Å². The van der Waals surface area contributed by atoms with Crippen LogP contribution >= 0.6 is 11.8 Å². The van der Waals surface area contributed by atoms with Gasteiger partial charge in [0.2, 0.25) is 5.91 Å². The maximum atomic E-state index is 12.9. The summed E-state index contributed by atoms with van der Waals surface area (Å²) in [4.78, 5) is 14.7. The number of methoxy groups -OCH3 is 1. The van der Waals surface area contributed by atoms with E-state index in [9.17, 15) is 13.6 Å². The monoisotopic (exact) mass is 481 g/mol. The minimum Gasteiger partial charge on any atom is -0.493 e. The summed E-state index contributed by atoms with van der Waals surface area (Å²) in [5.41, 5.74) is 1.81. The maximum Gasteiger partial charge on any atom is 0.387 e. The van der Waals surface area contributed by atoms with Gasteiger partial charge < -0.3 is 23.8 Å². The summed E-state index contributed by atoms with van der Waals surface area (Å²) >= 11 is 1.52. The number of nitrogens with zero attached hydrogens (tertiary/aromatic N) is 1. The van der Waals surface area contributed by atoms with E-state index in [1.165, 1.54) is 24.9 Å². The molecule has 0 spiro atoms. The minimum atomic E-state index is -2.95. The Morgan fingerprint density at radius 2 is 1.70 bits per heavy atom. The molecule has 0 saturated carbocycles. The Bertz CT molecular complexity index is 958. The van der Waals surface area contributed by atoms with Crippen LogP contribution in [0.4, 0.5) is 8.78 Å². The van der Waals surface area contributed by atoms with Gasteiger partial charge >= 0.3 is 6.61 Å². The number of halogens is 2. The van der Waals surface area contributed by atoms with E-state index in [2.05, 4.69) is 4.74 Å². The van der Waals surface area contributed by atoms with E-state index in [1.807, 2.05) is 43.9 Å². The van der Waals surface area contributed by atoms with Crippen LogP contribution in [-0.4, -0.2) is 49.5 Å². The van der Waals surface area contributed by atoms with E-state index in [1.54, 1.807) is 12.1 Å². The number of thioether (sulfide) groups is 1. The van der Waals surface area contributed by atoms with Crippen LogP contribution in [0.3, 0.4) is 0 Å². The van der Waals surface area contributed by atoms with Crippen molar-refractivity contribution in [2.45, 2.75) is 44.4 Å². The molecule has 0 bridgehead atoms. The molecule has 9 heteroatoms. The highest BCUT2D eigenvalue weighted by Gasteiger charge is 2.38. The molecule has 0 radical (unpaired) electrons. The molecule has 2 atom stereocenters.